The summed E-state index contributed by atoms with van der Waals surface area (Å²) in [5, 5.41) is 11.7. The van der Waals surface area contributed by atoms with E-state index >= 15 is 0 Å². The summed E-state index contributed by atoms with van der Waals surface area (Å²) in [4.78, 5) is 23.2. The van der Waals surface area contributed by atoms with Gasteiger partial charge in [-0.15, -0.1) is 0 Å². The van der Waals surface area contributed by atoms with Crippen molar-refractivity contribution in [3.63, 3.8) is 0 Å². The van der Waals surface area contributed by atoms with Crippen LogP contribution in [0.3, 0.4) is 0 Å². The quantitative estimate of drug-likeness (QED) is 0.733. The molecule has 5 nitrogen and oxygen atoms in total. The zero-order chi connectivity index (χ0) is 19.9. The van der Waals surface area contributed by atoms with Crippen molar-refractivity contribution in [1.82, 2.24) is 5.32 Å². The Bertz CT molecular complexity index is 806. The molecule has 2 aromatic rings. The summed E-state index contributed by atoms with van der Waals surface area (Å²) < 4.78 is 41.7. The molecular formula is C19H18F3NO4. The number of rotatable bonds is 8. The first-order chi connectivity index (χ1) is 12.8. The number of carbonyl (C=O) groups excluding carboxylic acids is 1. The van der Waals surface area contributed by atoms with Crippen molar-refractivity contribution in [2.45, 2.75) is 25.6 Å². The average Bonchev–Trinajstić information content (AvgIpc) is 2.63. The van der Waals surface area contributed by atoms with Crippen molar-refractivity contribution in [1.29, 1.82) is 0 Å². The topological polar surface area (TPSA) is 75.6 Å². The lowest BCUT2D eigenvalue weighted by Crippen LogP contribution is -2.24. The molecule has 2 N–H and O–H groups in total. The molecule has 0 unspecified atom stereocenters. The molecule has 2 aromatic carbocycles. The Labute approximate surface area is 153 Å². The van der Waals surface area contributed by atoms with Gasteiger partial charge in [0.1, 0.15) is 5.75 Å². The van der Waals surface area contributed by atoms with Crippen LogP contribution in [0.25, 0.3) is 0 Å². The molecule has 0 aromatic heterocycles. The van der Waals surface area contributed by atoms with E-state index in [1.165, 1.54) is 12.1 Å². The predicted molar refractivity (Wildman–Crippen MR) is 91.6 cm³/mol. The lowest BCUT2D eigenvalue weighted by Gasteiger charge is -2.13. The molecule has 0 bridgehead atoms. The first-order valence-electron chi connectivity index (χ1n) is 8.11. The molecule has 0 spiro atoms. The number of carboxylic acid groups (broad SMARTS) is 1. The lowest BCUT2D eigenvalue weighted by atomic mass is 10.0. The van der Waals surface area contributed by atoms with Crippen LogP contribution in [0.15, 0.2) is 48.5 Å². The number of hydrogen-bond donors (Lipinski definition) is 2. The Morgan fingerprint density at radius 3 is 2.30 bits per heavy atom. The third kappa shape index (κ3) is 6.65. The summed E-state index contributed by atoms with van der Waals surface area (Å²) in [6.45, 7) is -1.41. The van der Waals surface area contributed by atoms with Crippen molar-refractivity contribution in [2.24, 2.45) is 0 Å². The van der Waals surface area contributed by atoms with Crippen LogP contribution in [0.4, 0.5) is 13.2 Å². The van der Waals surface area contributed by atoms with Crippen molar-refractivity contribution >= 4 is 11.9 Å². The van der Waals surface area contributed by atoms with Crippen molar-refractivity contribution < 1.29 is 32.6 Å². The van der Waals surface area contributed by atoms with Crippen LogP contribution >= 0.6 is 0 Å². The molecule has 0 fully saturated rings. The molecule has 0 saturated carbocycles. The molecule has 0 radical (unpaired) electrons. The van der Waals surface area contributed by atoms with Crippen LogP contribution in [0, 0.1) is 0 Å². The molecule has 144 valence electrons. The average molecular weight is 381 g/mol. The number of amides is 1. The van der Waals surface area contributed by atoms with Gasteiger partial charge in [0, 0.05) is 18.5 Å². The highest BCUT2D eigenvalue weighted by molar-refractivity contribution is 5.89. The van der Waals surface area contributed by atoms with Gasteiger partial charge < -0.3 is 15.2 Å². The van der Waals surface area contributed by atoms with Crippen LogP contribution in [-0.2, 0) is 17.8 Å². The molecular weight excluding hydrogens is 363 g/mol. The van der Waals surface area contributed by atoms with E-state index in [1.54, 1.807) is 36.4 Å². The minimum Gasteiger partial charge on any atom is -0.484 e. The summed E-state index contributed by atoms with van der Waals surface area (Å²) in [6, 6.07) is 12.5. The second kappa shape index (κ2) is 9.07. The number of aromatic carboxylic acids is 1. The molecule has 0 aliphatic carbocycles. The zero-order valence-corrected chi connectivity index (χ0v) is 14.3. The number of para-hydroxylation sites is 1. The van der Waals surface area contributed by atoms with E-state index in [0.717, 1.165) is 0 Å². The van der Waals surface area contributed by atoms with Crippen LogP contribution in [-0.4, -0.2) is 29.8 Å². The van der Waals surface area contributed by atoms with E-state index in [-0.39, 0.29) is 36.6 Å². The highest BCUT2D eigenvalue weighted by Crippen LogP contribution is 2.22. The summed E-state index contributed by atoms with van der Waals surface area (Å²) in [5.41, 5.74) is 1.09. The Morgan fingerprint density at radius 1 is 1.00 bits per heavy atom. The van der Waals surface area contributed by atoms with E-state index in [1.807, 2.05) is 0 Å². The molecule has 2 rings (SSSR count). The molecule has 0 aliphatic rings. The predicted octanol–water partition coefficient (Wildman–Crippen LogP) is 3.57. The maximum atomic E-state index is 12.3. The molecule has 0 heterocycles. The van der Waals surface area contributed by atoms with E-state index in [9.17, 15) is 22.8 Å². The normalized spacial score (nSPS) is 11.1. The number of benzene rings is 2. The van der Waals surface area contributed by atoms with Gasteiger partial charge in [-0.2, -0.15) is 13.2 Å². The Kier molecular flexibility index (Phi) is 6.81. The molecule has 27 heavy (non-hydrogen) atoms. The van der Waals surface area contributed by atoms with Gasteiger partial charge in [-0.3, -0.25) is 4.79 Å². The van der Waals surface area contributed by atoms with E-state index in [4.69, 9.17) is 9.84 Å². The summed E-state index contributed by atoms with van der Waals surface area (Å²) in [6.07, 6.45) is -4.16. The van der Waals surface area contributed by atoms with E-state index in [2.05, 4.69) is 5.32 Å². The maximum Gasteiger partial charge on any atom is 0.422 e. The van der Waals surface area contributed by atoms with Gasteiger partial charge in [0.25, 0.3) is 0 Å². The Balaban J connectivity index is 1.90. The highest BCUT2D eigenvalue weighted by Gasteiger charge is 2.28. The number of ether oxygens (including phenoxy) is 1. The second-order valence-electron chi connectivity index (χ2n) is 5.75. The molecule has 8 heteroatoms. The fraction of sp³-hybridized carbons (Fsp3) is 0.263. The van der Waals surface area contributed by atoms with Gasteiger partial charge in [-0.25, -0.2) is 4.79 Å². The monoisotopic (exact) mass is 381 g/mol. The Hall–Kier alpha value is -3.03. The fourth-order valence-corrected chi connectivity index (χ4v) is 2.43. The second-order valence-corrected chi connectivity index (χ2v) is 5.75. The van der Waals surface area contributed by atoms with Gasteiger partial charge >= 0.3 is 12.1 Å². The smallest absolute Gasteiger partial charge is 0.422 e. The van der Waals surface area contributed by atoms with Gasteiger partial charge in [-0.1, -0.05) is 36.4 Å². The number of hydrogen-bond acceptors (Lipinski definition) is 3. The lowest BCUT2D eigenvalue weighted by molar-refractivity contribution is -0.153. The van der Waals surface area contributed by atoms with E-state index in [0.29, 0.717) is 11.1 Å². The highest BCUT2D eigenvalue weighted by atomic mass is 19.4. The standard InChI is InChI=1S/C19H18F3NO4/c20-19(21,22)12-27-16-8-4-2-6-14(16)11-23-17(24)10-9-13-5-1-3-7-15(13)18(25)26/h1-8H,9-12H2,(H,23,24)(H,25,26). The van der Waals surface area contributed by atoms with Crippen LogP contribution in [0.2, 0.25) is 0 Å². The molecule has 0 atom stereocenters. The number of aryl methyl sites for hydroxylation is 1. The zero-order valence-electron chi connectivity index (χ0n) is 14.3. The maximum absolute atomic E-state index is 12.3. The van der Waals surface area contributed by atoms with Crippen molar-refractivity contribution in [3.8, 4) is 5.75 Å². The van der Waals surface area contributed by atoms with E-state index < -0.39 is 18.8 Å². The number of alkyl halides is 3. The van der Waals surface area contributed by atoms with Crippen molar-refractivity contribution in [3.05, 3.63) is 65.2 Å². The number of halogens is 3. The molecule has 1 amide bonds. The third-order valence-electron chi connectivity index (χ3n) is 3.71. The summed E-state index contributed by atoms with van der Waals surface area (Å²) in [5.74, 6) is -1.37. The fourth-order valence-electron chi connectivity index (χ4n) is 2.43. The first-order valence-corrected chi connectivity index (χ1v) is 8.11. The van der Waals surface area contributed by atoms with Crippen molar-refractivity contribution in [2.75, 3.05) is 6.61 Å². The first kappa shape index (κ1) is 20.3. The Morgan fingerprint density at radius 2 is 1.63 bits per heavy atom. The van der Waals surface area contributed by atoms with Gasteiger partial charge in [0.15, 0.2) is 6.61 Å². The van der Waals surface area contributed by atoms with Gasteiger partial charge in [0.2, 0.25) is 5.91 Å². The largest absolute Gasteiger partial charge is 0.484 e. The number of carbonyl (C=O) groups is 2. The SMILES string of the molecule is O=C(CCc1ccccc1C(=O)O)NCc1ccccc1OCC(F)(F)F. The summed E-state index contributed by atoms with van der Waals surface area (Å²) in [7, 11) is 0. The third-order valence-corrected chi connectivity index (χ3v) is 3.71. The van der Waals surface area contributed by atoms with Crippen LogP contribution in [0.5, 0.6) is 5.75 Å². The minimum absolute atomic E-state index is 0.00738. The molecule has 0 aliphatic heterocycles. The van der Waals surface area contributed by atoms with Gasteiger partial charge in [-0.05, 0) is 24.1 Å². The minimum atomic E-state index is -4.45. The van der Waals surface area contributed by atoms with Crippen LogP contribution < -0.4 is 10.1 Å². The number of carboxylic acids is 1. The van der Waals surface area contributed by atoms with Crippen LogP contribution in [0.1, 0.15) is 27.9 Å². The molecule has 0 saturated heterocycles. The number of nitrogens with one attached hydrogen (secondary N) is 1. The van der Waals surface area contributed by atoms with Gasteiger partial charge in [0.05, 0.1) is 5.56 Å². The summed E-state index contributed by atoms with van der Waals surface area (Å²) >= 11 is 0.